The van der Waals surface area contributed by atoms with Gasteiger partial charge >= 0.3 is 0 Å². The van der Waals surface area contributed by atoms with Crippen LogP contribution in [0.4, 0.5) is 0 Å². The molecule has 2 aromatic rings. The fraction of sp³-hybridized carbons (Fsp3) is 0.333. The van der Waals surface area contributed by atoms with Crippen LogP contribution >= 0.6 is 27.5 Å². The van der Waals surface area contributed by atoms with Crippen LogP contribution in [0.2, 0.25) is 5.02 Å². The average Bonchev–Trinajstić information content (AvgIpc) is 3.08. The minimum Gasteiger partial charge on any atom is -0.419 e. The first-order chi connectivity index (χ1) is 8.74. The van der Waals surface area contributed by atoms with Gasteiger partial charge < -0.3 is 9.73 Å². The van der Waals surface area contributed by atoms with Gasteiger partial charge in [0.25, 0.3) is 0 Å². The van der Waals surface area contributed by atoms with Gasteiger partial charge in [0, 0.05) is 10.5 Å². The molecular formula is C12H11BrClN3O. The van der Waals surface area contributed by atoms with E-state index in [1.807, 2.05) is 18.2 Å². The Balaban J connectivity index is 1.80. The number of nitrogens with zero attached hydrogens (tertiary/aromatic N) is 2. The molecule has 1 heterocycles. The van der Waals surface area contributed by atoms with Crippen LogP contribution in [0.3, 0.4) is 0 Å². The largest absolute Gasteiger partial charge is 0.419 e. The molecule has 1 aromatic heterocycles. The summed E-state index contributed by atoms with van der Waals surface area (Å²) in [6, 6.07) is 6.24. The number of hydrogen-bond acceptors (Lipinski definition) is 4. The monoisotopic (exact) mass is 327 g/mol. The fourth-order valence-corrected chi connectivity index (χ4v) is 2.19. The van der Waals surface area contributed by atoms with Crippen molar-refractivity contribution in [2.24, 2.45) is 0 Å². The van der Waals surface area contributed by atoms with Gasteiger partial charge in [-0.3, -0.25) is 0 Å². The van der Waals surface area contributed by atoms with E-state index in [1.54, 1.807) is 0 Å². The lowest BCUT2D eigenvalue weighted by molar-refractivity contribution is 0.476. The van der Waals surface area contributed by atoms with E-state index < -0.39 is 0 Å². The van der Waals surface area contributed by atoms with Crippen molar-refractivity contribution in [2.45, 2.75) is 25.4 Å². The van der Waals surface area contributed by atoms with Crippen LogP contribution in [-0.4, -0.2) is 16.2 Å². The van der Waals surface area contributed by atoms with Crippen molar-refractivity contribution in [1.82, 2.24) is 15.5 Å². The quantitative estimate of drug-likeness (QED) is 0.934. The first-order valence-corrected chi connectivity index (χ1v) is 6.91. The fourth-order valence-electron chi connectivity index (χ4n) is 1.62. The second-order valence-corrected chi connectivity index (χ2v) is 5.49. The van der Waals surface area contributed by atoms with Crippen molar-refractivity contribution >= 4 is 27.5 Å². The number of rotatable bonds is 4. The summed E-state index contributed by atoms with van der Waals surface area (Å²) in [7, 11) is 0. The van der Waals surface area contributed by atoms with Crippen molar-refractivity contribution in [3.63, 3.8) is 0 Å². The SMILES string of the molecule is Clc1c(Br)cccc1-c1nnc(CNC2CC2)o1. The Kier molecular flexibility index (Phi) is 3.37. The molecule has 0 unspecified atom stereocenters. The van der Waals surface area contributed by atoms with Crippen molar-refractivity contribution in [3.05, 3.63) is 33.6 Å². The summed E-state index contributed by atoms with van der Waals surface area (Å²) >= 11 is 9.56. The smallest absolute Gasteiger partial charge is 0.249 e. The second kappa shape index (κ2) is 4.99. The maximum atomic E-state index is 6.18. The van der Waals surface area contributed by atoms with Crippen LogP contribution < -0.4 is 5.32 Å². The van der Waals surface area contributed by atoms with E-state index in [9.17, 15) is 0 Å². The first-order valence-electron chi connectivity index (χ1n) is 5.74. The van der Waals surface area contributed by atoms with Gasteiger partial charge in [0.2, 0.25) is 11.8 Å². The molecule has 0 saturated heterocycles. The van der Waals surface area contributed by atoms with Crippen LogP contribution in [-0.2, 0) is 6.54 Å². The minimum absolute atomic E-state index is 0.453. The molecule has 1 fully saturated rings. The highest BCUT2D eigenvalue weighted by molar-refractivity contribution is 9.10. The third-order valence-electron chi connectivity index (χ3n) is 2.77. The standard InChI is InChI=1S/C12H11BrClN3O/c13-9-3-1-2-8(11(9)14)12-17-16-10(18-12)6-15-7-4-5-7/h1-3,7,15H,4-6H2. The molecule has 0 amide bonds. The second-order valence-electron chi connectivity index (χ2n) is 4.26. The van der Waals surface area contributed by atoms with Crippen LogP contribution in [0.5, 0.6) is 0 Å². The Morgan fingerprint density at radius 1 is 1.39 bits per heavy atom. The van der Waals surface area contributed by atoms with Crippen LogP contribution in [0.25, 0.3) is 11.5 Å². The first kappa shape index (κ1) is 12.1. The summed E-state index contributed by atoms with van der Waals surface area (Å²) in [5, 5.41) is 11.9. The van der Waals surface area contributed by atoms with Gasteiger partial charge in [-0.2, -0.15) is 0 Å². The lowest BCUT2D eigenvalue weighted by Gasteiger charge is -2.00. The molecule has 18 heavy (non-hydrogen) atoms. The molecule has 3 rings (SSSR count). The molecule has 1 aliphatic rings. The van der Waals surface area contributed by atoms with E-state index in [-0.39, 0.29) is 0 Å². The van der Waals surface area contributed by atoms with E-state index in [4.69, 9.17) is 16.0 Å². The Bertz CT molecular complexity index is 568. The van der Waals surface area contributed by atoms with Gasteiger partial charge in [-0.05, 0) is 40.9 Å². The van der Waals surface area contributed by atoms with Crippen LogP contribution in [0.1, 0.15) is 18.7 Å². The predicted octanol–water partition coefficient (Wildman–Crippen LogP) is 3.40. The number of aromatic nitrogens is 2. The molecule has 0 bridgehead atoms. The summed E-state index contributed by atoms with van der Waals surface area (Å²) in [4.78, 5) is 0. The molecule has 0 spiro atoms. The lowest BCUT2D eigenvalue weighted by atomic mass is 10.2. The van der Waals surface area contributed by atoms with Gasteiger partial charge in [0.15, 0.2) is 0 Å². The summed E-state index contributed by atoms with van der Waals surface area (Å²) in [5.41, 5.74) is 0.746. The molecule has 6 heteroatoms. The number of nitrogens with one attached hydrogen (secondary N) is 1. The van der Waals surface area contributed by atoms with Gasteiger partial charge in [-0.25, -0.2) is 0 Å². The number of hydrogen-bond donors (Lipinski definition) is 1. The van der Waals surface area contributed by atoms with E-state index >= 15 is 0 Å². The third kappa shape index (κ3) is 2.58. The summed E-state index contributed by atoms with van der Waals surface area (Å²) in [6.45, 7) is 0.614. The highest BCUT2D eigenvalue weighted by Crippen LogP contribution is 2.32. The topological polar surface area (TPSA) is 51.0 Å². The highest BCUT2D eigenvalue weighted by atomic mass is 79.9. The van der Waals surface area contributed by atoms with Crippen molar-refractivity contribution < 1.29 is 4.42 Å². The Hall–Kier alpha value is -0.910. The van der Waals surface area contributed by atoms with E-state index in [0.717, 1.165) is 10.0 Å². The molecule has 1 N–H and O–H groups in total. The van der Waals surface area contributed by atoms with Crippen molar-refractivity contribution in [2.75, 3.05) is 0 Å². The number of benzene rings is 1. The average molecular weight is 329 g/mol. The normalized spacial score (nSPS) is 15.0. The molecule has 0 aliphatic heterocycles. The molecule has 1 aromatic carbocycles. The zero-order valence-corrected chi connectivity index (χ0v) is 11.8. The van der Waals surface area contributed by atoms with Gasteiger partial charge in [0.1, 0.15) is 0 Å². The number of halogens is 2. The van der Waals surface area contributed by atoms with Crippen LogP contribution in [0.15, 0.2) is 27.1 Å². The molecule has 1 saturated carbocycles. The lowest BCUT2D eigenvalue weighted by Crippen LogP contribution is -2.15. The zero-order valence-electron chi connectivity index (χ0n) is 9.49. The predicted molar refractivity (Wildman–Crippen MR) is 72.3 cm³/mol. The molecule has 0 atom stereocenters. The van der Waals surface area contributed by atoms with E-state index in [1.165, 1.54) is 12.8 Å². The van der Waals surface area contributed by atoms with Gasteiger partial charge in [0.05, 0.1) is 17.1 Å². The minimum atomic E-state index is 0.453. The summed E-state index contributed by atoms with van der Waals surface area (Å²) < 4.78 is 6.41. The van der Waals surface area contributed by atoms with Crippen molar-refractivity contribution in [1.29, 1.82) is 0 Å². The van der Waals surface area contributed by atoms with Gasteiger partial charge in [-0.1, -0.05) is 17.7 Å². The maximum absolute atomic E-state index is 6.18. The Labute approximate surface area is 118 Å². The summed E-state index contributed by atoms with van der Waals surface area (Å²) in [6.07, 6.45) is 2.47. The summed E-state index contributed by atoms with van der Waals surface area (Å²) in [5.74, 6) is 1.04. The Morgan fingerprint density at radius 3 is 3.00 bits per heavy atom. The van der Waals surface area contributed by atoms with Gasteiger partial charge in [-0.15, -0.1) is 10.2 Å². The molecule has 94 valence electrons. The zero-order chi connectivity index (χ0) is 12.5. The van der Waals surface area contributed by atoms with Crippen LogP contribution in [0, 0.1) is 0 Å². The molecular weight excluding hydrogens is 318 g/mol. The molecule has 4 nitrogen and oxygen atoms in total. The molecule has 1 aliphatic carbocycles. The third-order valence-corrected chi connectivity index (χ3v) is 4.06. The molecule has 0 radical (unpaired) electrons. The van der Waals surface area contributed by atoms with E-state index in [0.29, 0.717) is 29.4 Å². The van der Waals surface area contributed by atoms with Crippen molar-refractivity contribution in [3.8, 4) is 11.5 Å². The van der Waals surface area contributed by atoms with E-state index in [2.05, 4.69) is 31.4 Å². The maximum Gasteiger partial charge on any atom is 0.249 e. The highest BCUT2D eigenvalue weighted by Gasteiger charge is 2.21. The Morgan fingerprint density at radius 2 is 2.22 bits per heavy atom.